The van der Waals surface area contributed by atoms with Crippen LogP contribution in [0.4, 0.5) is 0 Å². The molecular formula is C21H28N2O4. The Labute approximate surface area is 160 Å². The van der Waals surface area contributed by atoms with Gasteiger partial charge < -0.3 is 19.2 Å². The fourth-order valence-electron chi connectivity index (χ4n) is 3.05. The molecule has 0 unspecified atom stereocenters. The second-order valence-corrected chi connectivity index (χ2v) is 8.05. The second-order valence-electron chi connectivity index (χ2n) is 8.05. The Bertz CT molecular complexity index is 824. The predicted molar refractivity (Wildman–Crippen MR) is 103 cm³/mol. The van der Waals surface area contributed by atoms with E-state index in [-0.39, 0.29) is 11.3 Å². The third kappa shape index (κ3) is 4.43. The van der Waals surface area contributed by atoms with Crippen LogP contribution < -0.4 is 14.8 Å². The number of amides is 1. The van der Waals surface area contributed by atoms with Crippen molar-refractivity contribution in [2.75, 3.05) is 19.8 Å². The minimum Gasteiger partial charge on any atom is -0.486 e. The lowest BCUT2D eigenvalue weighted by atomic mass is 9.84. The zero-order valence-corrected chi connectivity index (χ0v) is 16.7. The molecule has 1 aliphatic rings. The molecule has 0 saturated carbocycles. The molecule has 0 atom stereocenters. The summed E-state index contributed by atoms with van der Waals surface area (Å²) in [5.41, 5.74) is 1.42. The third-order valence-corrected chi connectivity index (χ3v) is 4.64. The van der Waals surface area contributed by atoms with Gasteiger partial charge in [0, 0.05) is 18.4 Å². The monoisotopic (exact) mass is 372 g/mol. The van der Waals surface area contributed by atoms with Crippen molar-refractivity contribution in [3.8, 4) is 11.5 Å². The number of hydrogen-bond acceptors (Lipinski definition) is 5. The van der Waals surface area contributed by atoms with Crippen LogP contribution in [-0.4, -0.2) is 30.6 Å². The van der Waals surface area contributed by atoms with Crippen molar-refractivity contribution < 1.29 is 18.7 Å². The summed E-state index contributed by atoms with van der Waals surface area (Å²) in [6.07, 6.45) is 0.719. The maximum Gasteiger partial charge on any atom is 0.289 e. The van der Waals surface area contributed by atoms with Gasteiger partial charge in [0.2, 0.25) is 5.76 Å². The minimum absolute atomic E-state index is 0.236. The van der Waals surface area contributed by atoms with Gasteiger partial charge in [-0.25, -0.2) is 4.98 Å². The Kier molecular flexibility index (Phi) is 5.44. The van der Waals surface area contributed by atoms with Gasteiger partial charge in [0.05, 0.1) is 5.69 Å². The number of aromatic nitrogens is 1. The first-order valence-electron chi connectivity index (χ1n) is 9.41. The quantitative estimate of drug-likeness (QED) is 0.838. The molecule has 0 spiro atoms. The number of nitrogens with one attached hydrogen (secondary N) is 1. The standard InChI is InChI=1S/C21H28N2O4/c1-13(2)10-18-23-14(3)19(27-18)20(24)22-12-21(4,5)15-6-7-16-17(11-15)26-9-8-25-16/h6-7,11,13H,8-10,12H2,1-5H3,(H,22,24). The van der Waals surface area contributed by atoms with Crippen molar-refractivity contribution in [1.82, 2.24) is 10.3 Å². The number of nitrogens with zero attached hydrogens (tertiary/aromatic N) is 1. The van der Waals surface area contributed by atoms with Crippen LogP contribution in [0.3, 0.4) is 0 Å². The molecule has 1 aromatic heterocycles. The number of rotatable bonds is 6. The van der Waals surface area contributed by atoms with E-state index in [4.69, 9.17) is 13.9 Å². The zero-order chi connectivity index (χ0) is 19.6. The van der Waals surface area contributed by atoms with Gasteiger partial charge in [-0.15, -0.1) is 0 Å². The SMILES string of the molecule is Cc1nc(CC(C)C)oc1C(=O)NCC(C)(C)c1ccc2c(c1)OCCO2. The van der Waals surface area contributed by atoms with Crippen molar-refractivity contribution in [2.24, 2.45) is 5.92 Å². The van der Waals surface area contributed by atoms with Crippen LogP contribution in [0, 0.1) is 12.8 Å². The summed E-state index contributed by atoms with van der Waals surface area (Å²) >= 11 is 0. The molecular weight excluding hydrogens is 344 g/mol. The van der Waals surface area contributed by atoms with Crippen LogP contribution in [0.5, 0.6) is 11.5 Å². The number of oxazole rings is 1. The average molecular weight is 372 g/mol. The first-order valence-corrected chi connectivity index (χ1v) is 9.41. The van der Waals surface area contributed by atoms with Crippen LogP contribution in [-0.2, 0) is 11.8 Å². The summed E-state index contributed by atoms with van der Waals surface area (Å²) in [4.78, 5) is 17.0. The molecule has 6 nitrogen and oxygen atoms in total. The van der Waals surface area contributed by atoms with Crippen LogP contribution >= 0.6 is 0 Å². The van der Waals surface area contributed by atoms with Crippen LogP contribution in [0.25, 0.3) is 0 Å². The topological polar surface area (TPSA) is 73.6 Å². The molecule has 0 radical (unpaired) electrons. The summed E-state index contributed by atoms with van der Waals surface area (Å²) in [5.74, 6) is 2.61. The highest BCUT2D eigenvalue weighted by Crippen LogP contribution is 2.35. The molecule has 27 heavy (non-hydrogen) atoms. The molecule has 146 valence electrons. The van der Waals surface area contributed by atoms with Gasteiger partial charge in [-0.3, -0.25) is 4.79 Å². The highest BCUT2D eigenvalue weighted by atomic mass is 16.6. The number of benzene rings is 1. The number of ether oxygens (including phenoxy) is 2. The molecule has 0 aliphatic carbocycles. The molecule has 0 saturated heterocycles. The van der Waals surface area contributed by atoms with Gasteiger partial charge in [0.15, 0.2) is 17.4 Å². The molecule has 2 heterocycles. The lowest BCUT2D eigenvalue weighted by Gasteiger charge is -2.27. The molecule has 3 rings (SSSR count). The van der Waals surface area contributed by atoms with Gasteiger partial charge in [-0.05, 0) is 30.5 Å². The molecule has 6 heteroatoms. The molecule has 2 aromatic rings. The Morgan fingerprint density at radius 3 is 2.63 bits per heavy atom. The van der Waals surface area contributed by atoms with Crippen LogP contribution in [0.2, 0.25) is 0 Å². The van der Waals surface area contributed by atoms with E-state index < -0.39 is 0 Å². The highest BCUT2D eigenvalue weighted by molar-refractivity contribution is 5.92. The van der Waals surface area contributed by atoms with Crippen molar-refractivity contribution in [1.29, 1.82) is 0 Å². The van der Waals surface area contributed by atoms with Gasteiger partial charge in [-0.1, -0.05) is 33.8 Å². The molecule has 1 amide bonds. The Hall–Kier alpha value is -2.50. The summed E-state index contributed by atoms with van der Waals surface area (Å²) in [5, 5.41) is 2.98. The van der Waals surface area contributed by atoms with E-state index in [2.05, 4.69) is 38.0 Å². The maximum atomic E-state index is 12.6. The number of fused-ring (bicyclic) bond motifs is 1. The summed E-state index contributed by atoms with van der Waals surface area (Å²) in [7, 11) is 0. The van der Waals surface area contributed by atoms with E-state index in [9.17, 15) is 4.79 Å². The first kappa shape index (κ1) is 19.3. The molecule has 0 bridgehead atoms. The number of aryl methyl sites for hydroxylation is 1. The van der Waals surface area contributed by atoms with E-state index in [1.165, 1.54) is 0 Å². The van der Waals surface area contributed by atoms with Gasteiger partial charge in [0.1, 0.15) is 13.2 Å². The predicted octanol–water partition coefficient (Wildman–Crippen LogP) is 3.66. The number of hydrogen-bond donors (Lipinski definition) is 1. The largest absolute Gasteiger partial charge is 0.486 e. The Morgan fingerprint density at radius 2 is 1.93 bits per heavy atom. The smallest absolute Gasteiger partial charge is 0.289 e. The molecule has 0 fully saturated rings. The summed E-state index contributed by atoms with van der Waals surface area (Å²) in [6.45, 7) is 11.7. The normalized spacial score (nSPS) is 13.7. The Balaban J connectivity index is 1.68. The first-order chi connectivity index (χ1) is 12.8. The van der Waals surface area contributed by atoms with Gasteiger partial charge >= 0.3 is 0 Å². The zero-order valence-electron chi connectivity index (χ0n) is 16.7. The average Bonchev–Trinajstić information content (AvgIpc) is 2.98. The summed E-state index contributed by atoms with van der Waals surface area (Å²) in [6, 6.07) is 5.92. The van der Waals surface area contributed by atoms with Gasteiger partial charge in [0.25, 0.3) is 5.91 Å². The van der Waals surface area contributed by atoms with Gasteiger partial charge in [-0.2, -0.15) is 0 Å². The van der Waals surface area contributed by atoms with E-state index >= 15 is 0 Å². The number of carbonyl (C=O) groups excluding carboxylic acids is 1. The summed E-state index contributed by atoms with van der Waals surface area (Å²) < 4.78 is 16.9. The van der Waals surface area contributed by atoms with Crippen molar-refractivity contribution >= 4 is 5.91 Å². The van der Waals surface area contributed by atoms with Crippen molar-refractivity contribution in [2.45, 2.75) is 46.5 Å². The fraction of sp³-hybridized carbons (Fsp3) is 0.524. The Morgan fingerprint density at radius 1 is 1.22 bits per heavy atom. The molecule has 1 aromatic carbocycles. The fourth-order valence-corrected chi connectivity index (χ4v) is 3.05. The van der Waals surface area contributed by atoms with Crippen molar-refractivity contribution in [3.05, 3.63) is 41.1 Å². The highest BCUT2D eigenvalue weighted by Gasteiger charge is 2.26. The maximum absolute atomic E-state index is 12.6. The lowest BCUT2D eigenvalue weighted by Crippen LogP contribution is -2.36. The third-order valence-electron chi connectivity index (χ3n) is 4.64. The van der Waals surface area contributed by atoms with E-state index in [0.717, 1.165) is 23.5 Å². The minimum atomic E-state index is -0.278. The second kappa shape index (κ2) is 7.62. The lowest BCUT2D eigenvalue weighted by molar-refractivity contribution is 0.0914. The van der Waals surface area contributed by atoms with E-state index in [1.54, 1.807) is 6.92 Å². The van der Waals surface area contributed by atoms with Crippen LogP contribution in [0.1, 0.15) is 55.4 Å². The number of carbonyl (C=O) groups is 1. The van der Waals surface area contributed by atoms with E-state index in [1.807, 2.05) is 18.2 Å². The van der Waals surface area contributed by atoms with Crippen LogP contribution in [0.15, 0.2) is 22.6 Å². The van der Waals surface area contributed by atoms with Crippen molar-refractivity contribution in [3.63, 3.8) is 0 Å². The molecule has 1 N–H and O–H groups in total. The van der Waals surface area contributed by atoms with E-state index in [0.29, 0.717) is 43.0 Å². The molecule has 1 aliphatic heterocycles.